The van der Waals surface area contributed by atoms with Gasteiger partial charge < -0.3 is 5.32 Å². The van der Waals surface area contributed by atoms with Gasteiger partial charge >= 0.3 is 0 Å². The van der Waals surface area contributed by atoms with E-state index < -0.39 is 0 Å². The maximum absolute atomic E-state index is 13.1. The molecule has 0 saturated heterocycles. The van der Waals surface area contributed by atoms with Gasteiger partial charge in [0.2, 0.25) is 5.95 Å². The molecule has 0 saturated carbocycles. The van der Waals surface area contributed by atoms with Crippen LogP contribution in [-0.4, -0.2) is 20.5 Å². The Balaban J connectivity index is 1.53. The van der Waals surface area contributed by atoms with Crippen molar-refractivity contribution in [3.8, 4) is 0 Å². The van der Waals surface area contributed by atoms with E-state index in [1.807, 2.05) is 48.6 Å². The number of ketones is 1. The second-order valence-corrected chi connectivity index (χ2v) is 7.78. The van der Waals surface area contributed by atoms with Gasteiger partial charge in [-0.1, -0.05) is 48.6 Å². The van der Waals surface area contributed by atoms with E-state index in [9.17, 15) is 4.79 Å². The summed E-state index contributed by atoms with van der Waals surface area (Å²) in [4.78, 5) is 18.7. The minimum atomic E-state index is -0.226. The Kier molecular flexibility index (Phi) is 3.98. The summed E-state index contributed by atoms with van der Waals surface area (Å²) in [5.41, 5.74) is 2.89. The van der Waals surface area contributed by atoms with Gasteiger partial charge in [0.05, 0.1) is 0 Å². The molecule has 0 spiro atoms. The number of rotatable bonds is 3. The number of nitrogens with zero attached hydrogens (tertiary/aromatic N) is 3. The molecule has 1 aromatic carbocycles. The van der Waals surface area contributed by atoms with Crippen LogP contribution in [0.2, 0.25) is 0 Å². The third kappa shape index (κ3) is 2.92. The van der Waals surface area contributed by atoms with Gasteiger partial charge in [-0.2, -0.15) is 10.1 Å². The summed E-state index contributed by atoms with van der Waals surface area (Å²) in [5.74, 6) is 1.11. The smallest absolute Gasteiger partial charge is 0.226 e. The number of thiophene rings is 1. The Hall–Kier alpha value is -2.99. The largest absolute Gasteiger partial charge is 0.328 e. The number of carbonyl (C=O) groups is 1. The molecule has 0 amide bonds. The van der Waals surface area contributed by atoms with Crippen molar-refractivity contribution < 1.29 is 4.79 Å². The lowest BCUT2D eigenvalue weighted by Crippen LogP contribution is -2.32. The van der Waals surface area contributed by atoms with Crippen LogP contribution in [0.5, 0.6) is 0 Å². The lowest BCUT2D eigenvalue weighted by atomic mass is 9.81. The van der Waals surface area contributed by atoms with Crippen LogP contribution in [0.4, 0.5) is 5.95 Å². The Morgan fingerprint density at radius 3 is 2.85 bits per heavy atom. The number of fused-ring (bicyclic) bond motifs is 1. The fraction of sp³-hybridized carbons (Fsp3) is 0.190. The standard InChI is InChI=1S/C21H18N4OS/c26-18-12-15(19-7-4-10-27-19)11-16-20(18)17(25-21(24-16)22-13-23-25)9-8-14-5-2-1-3-6-14/h1-10,13,15,17H,11-12H2,(H,22,23,24)/b9-8+. The van der Waals surface area contributed by atoms with Crippen LogP contribution in [0, 0.1) is 0 Å². The Morgan fingerprint density at radius 2 is 2.04 bits per heavy atom. The minimum absolute atomic E-state index is 0.186. The van der Waals surface area contributed by atoms with E-state index in [0.29, 0.717) is 12.4 Å². The molecule has 1 aliphatic carbocycles. The SMILES string of the molecule is O=C1CC(c2cccs2)CC2=C1C(/C=C/c1ccccc1)n1ncnc1N2. The molecule has 2 aromatic heterocycles. The Bertz CT molecular complexity index is 1030. The molecular weight excluding hydrogens is 356 g/mol. The van der Waals surface area contributed by atoms with E-state index in [-0.39, 0.29) is 17.7 Å². The molecule has 2 atom stereocenters. The zero-order valence-electron chi connectivity index (χ0n) is 14.6. The quantitative estimate of drug-likeness (QED) is 0.737. The molecule has 0 radical (unpaired) electrons. The molecule has 2 unspecified atom stereocenters. The average molecular weight is 374 g/mol. The lowest BCUT2D eigenvalue weighted by molar-refractivity contribution is -0.116. The minimum Gasteiger partial charge on any atom is -0.328 e. The first-order chi connectivity index (χ1) is 13.3. The number of Topliss-reactive ketones (excluding diaryl/α,β-unsaturated/α-hetero) is 1. The van der Waals surface area contributed by atoms with Crippen LogP contribution < -0.4 is 5.32 Å². The number of aromatic nitrogens is 3. The number of hydrogen-bond donors (Lipinski definition) is 1. The zero-order chi connectivity index (χ0) is 18.2. The molecule has 5 rings (SSSR count). The fourth-order valence-corrected chi connectivity index (χ4v) is 4.69. The van der Waals surface area contributed by atoms with Crippen molar-refractivity contribution in [1.29, 1.82) is 0 Å². The summed E-state index contributed by atoms with van der Waals surface area (Å²) < 4.78 is 1.79. The van der Waals surface area contributed by atoms with Crippen molar-refractivity contribution in [3.63, 3.8) is 0 Å². The summed E-state index contributed by atoms with van der Waals surface area (Å²) in [6.45, 7) is 0. The van der Waals surface area contributed by atoms with Gasteiger partial charge in [0.25, 0.3) is 0 Å². The van der Waals surface area contributed by atoms with Gasteiger partial charge in [0.1, 0.15) is 12.4 Å². The Labute approximate surface area is 161 Å². The average Bonchev–Trinajstić information content (AvgIpc) is 3.37. The second-order valence-electron chi connectivity index (χ2n) is 6.80. The van der Waals surface area contributed by atoms with Gasteiger partial charge in [-0.15, -0.1) is 11.3 Å². The maximum Gasteiger partial charge on any atom is 0.226 e. The van der Waals surface area contributed by atoms with Crippen molar-refractivity contribution in [1.82, 2.24) is 14.8 Å². The predicted molar refractivity (Wildman–Crippen MR) is 106 cm³/mol. The van der Waals surface area contributed by atoms with Crippen LogP contribution in [-0.2, 0) is 4.79 Å². The lowest BCUT2D eigenvalue weighted by Gasteiger charge is -2.33. The van der Waals surface area contributed by atoms with E-state index >= 15 is 0 Å². The monoisotopic (exact) mass is 374 g/mol. The van der Waals surface area contributed by atoms with E-state index in [2.05, 4.69) is 26.8 Å². The van der Waals surface area contributed by atoms with Crippen molar-refractivity contribution in [3.05, 3.63) is 82.0 Å². The van der Waals surface area contributed by atoms with Crippen LogP contribution >= 0.6 is 11.3 Å². The maximum atomic E-state index is 13.1. The van der Waals surface area contributed by atoms with Gasteiger partial charge in [-0.3, -0.25) is 4.79 Å². The first kappa shape index (κ1) is 16.2. The molecule has 3 aromatic rings. The van der Waals surface area contributed by atoms with Crippen LogP contribution in [0.25, 0.3) is 6.08 Å². The van der Waals surface area contributed by atoms with E-state index in [0.717, 1.165) is 23.3 Å². The number of anilines is 1. The Morgan fingerprint density at radius 1 is 1.15 bits per heavy atom. The molecule has 1 aliphatic heterocycles. The molecule has 6 heteroatoms. The predicted octanol–water partition coefficient (Wildman–Crippen LogP) is 4.42. The normalized spacial score (nSPS) is 21.9. The van der Waals surface area contributed by atoms with Crippen molar-refractivity contribution in [2.75, 3.05) is 5.32 Å². The topological polar surface area (TPSA) is 59.8 Å². The molecule has 3 heterocycles. The third-order valence-electron chi connectivity index (χ3n) is 5.12. The third-order valence-corrected chi connectivity index (χ3v) is 6.15. The summed E-state index contributed by atoms with van der Waals surface area (Å²) in [6, 6.07) is 14.0. The van der Waals surface area contributed by atoms with Crippen LogP contribution in [0.3, 0.4) is 0 Å². The van der Waals surface area contributed by atoms with E-state index in [1.165, 1.54) is 11.2 Å². The summed E-state index contributed by atoms with van der Waals surface area (Å²) in [6.07, 6.45) is 6.99. The number of nitrogens with one attached hydrogen (secondary N) is 1. The van der Waals surface area contributed by atoms with E-state index in [4.69, 9.17) is 0 Å². The number of benzene rings is 1. The van der Waals surface area contributed by atoms with E-state index in [1.54, 1.807) is 16.0 Å². The van der Waals surface area contributed by atoms with Crippen molar-refractivity contribution in [2.24, 2.45) is 0 Å². The van der Waals surface area contributed by atoms with Gasteiger partial charge in [-0.05, 0) is 23.4 Å². The molecule has 1 N–H and O–H groups in total. The second kappa shape index (κ2) is 6.63. The highest BCUT2D eigenvalue weighted by atomic mass is 32.1. The summed E-state index contributed by atoms with van der Waals surface area (Å²) >= 11 is 1.72. The summed E-state index contributed by atoms with van der Waals surface area (Å²) in [5, 5.41) is 9.77. The zero-order valence-corrected chi connectivity index (χ0v) is 15.4. The highest BCUT2D eigenvalue weighted by Crippen LogP contribution is 2.42. The highest BCUT2D eigenvalue weighted by molar-refractivity contribution is 7.10. The molecule has 2 aliphatic rings. The van der Waals surface area contributed by atoms with Crippen molar-refractivity contribution >= 4 is 29.1 Å². The molecule has 27 heavy (non-hydrogen) atoms. The van der Waals surface area contributed by atoms with Gasteiger partial charge in [-0.25, -0.2) is 4.68 Å². The van der Waals surface area contributed by atoms with Gasteiger partial charge in [0, 0.05) is 28.5 Å². The number of allylic oxidation sites excluding steroid dienone is 3. The highest BCUT2D eigenvalue weighted by Gasteiger charge is 2.37. The first-order valence-electron chi connectivity index (χ1n) is 8.99. The number of carbonyl (C=O) groups excluding carboxylic acids is 1. The fourth-order valence-electron chi connectivity index (χ4n) is 3.86. The summed E-state index contributed by atoms with van der Waals surface area (Å²) in [7, 11) is 0. The molecule has 0 fully saturated rings. The molecule has 5 nitrogen and oxygen atoms in total. The first-order valence-corrected chi connectivity index (χ1v) is 9.87. The number of hydrogen-bond acceptors (Lipinski definition) is 5. The van der Waals surface area contributed by atoms with Crippen LogP contribution in [0.1, 0.15) is 35.2 Å². The van der Waals surface area contributed by atoms with Crippen LogP contribution in [0.15, 0.2) is 71.5 Å². The molecule has 134 valence electrons. The molecule has 0 bridgehead atoms. The van der Waals surface area contributed by atoms with Crippen molar-refractivity contribution in [2.45, 2.75) is 24.8 Å². The molecular formula is C21H18N4OS. The van der Waals surface area contributed by atoms with Gasteiger partial charge in [0.15, 0.2) is 5.78 Å².